The summed E-state index contributed by atoms with van der Waals surface area (Å²) in [5.41, 5.74) is 0.524. The molecule has 3 aromatic rings. The monoisotopic (exact) mass is 580 g/mol. The molecule has 0 aromatic heterocycles. The lowest BCUT2D eigenvalue weighted by Gasteiger charge is -2.56. The Kier molecular flexibility index (Phi) is 8.48. The van der Waals surface area contributed by atoms with Gasteiger partial charge in [-0.05, 0) is 37.3 Å². The highest BCUT2D eigenvalue weighted by Crippen LogP contribution is 2.59. The van der Waals surface area contributed by atoms with E-state index >= 15 is 8.78 Å². The van der Waals surface area contributed by atoms with Crippen molar-refractivity contribution in [2.75, 3.05) is 30.0 Å². The minimum Gasteiger partial charge on any atom is -0.496 e. The van der Waals surface area contributed by atoms with Crippen molar-refractivity contribution < 1.29 is 32.2 Å². The number of hydrogen-bond donors (Lipinski definition) is 0. The lowest BCUT2D eigenvalue weighted by Crippen LogP contribution is -2.63. The predicted octanol–water partition coefficient (Wildman–Crippen LogP) is 7.00. The number of halogens is 3. The zero-order valence-electron chi connectivity index (χ0n) is 24.0. The molecule has 2 aliphatic rings. The molecule has 5 rings (SSSR count). The van der Waals surface area contributed by atoms with Crippen LogP contribution in [0.25, 0.3) is 0 Å². The van der Waals surface area contributed by atoms with E-state index in [0.717, 1.165) is 24.0 Å². The van der Waals surface area contributed by atoms with Gasteiger partial charge in [0.25, 0.3) is 0 Å². The van der Waals surface area contributed by atoms with Gasteiger partial charge in [0.2, 0.25) is 5.91 Å². The Balaban J connectivity index is 1.58. The van der Waals surface area contributed by atoms with E-state index in [4.69, 9.17) is 9.47 Å². The van der Waals surface area contributed by atoms with E-state index in [-0.39, 0.29) is 29.9 Å². The van der Waals surface area contributed by atoms with Gasteiger partial charge in [-0.15, -0.1) is 0 Å². The van der Waals surface area contributed by atoms with Gasteiger partial charge in [-0.25, -0.2) is 13.2 Å². The first-order chi connectivity index (χ1) is 20.3. The van der Waals surface area contributed by atoms with E-state index < -0.39 is 28.9 Å². The van der Waals surface area contributed by atoms with E-state index in [1.165, 1.54) is 18.1 Å². The molecule has 6 nitrogen and oxygen atoms in total. The summed E-state index contributed by atoms with van der Waals surface area (Å²) in [6.45, 7) is 4.80. The summed E-state index contributed by atoms with van der Waals surface area (Å²) in [6, 6.07) is 13.1. The number of hydrogen-bond acceptors (Lipinski definition) is 5. The largest absolute Gasteiger partial charge is 0.496 e. The summed E-state index contributed by atoms with van der Waals surface area (Å²) in [6.07, 6.45) is 3.05. The molecule has 42 heavy (non-hydrogen) atoms. The van der Waals surface area contributed by atoms with Gasteiger partial charge in [0, 0.05) is 42.8 Å². The van der Waals surface area contributed by atoms with Crippen molar-refractivity contribution in [2.45, 2.75) is 52.2 Å². The Hall–Kier alpha value is -4.01. The second kappa shape index (κ2) is 12.1. The number of amides is 1. The predicted molar refractivity (Wildman–Crippen MR) is 154 cm³/mol. The van der Waals surface area contributed by atoms with Crippen LogP contribution in [-0.4, -0.2) is 32.4 Å². The Labute approximate surface area is 244 Å². The van der Waals surface area contributed by atoms with Gasteiger partial charge in [-0.1, -0.05) is 44.2 Å². The third-order valence-electron chi connectivity index (χ3n) is 8.83. The van der Waals surface area contributed by atoms with Crippen molar-refractivity contribution in [3.63, 3.8) is 0 Å². The molecule has 2 saturated heterocycles. The maximum atomic E-state index is 15.8. The standard InChI is InChI=1S/C33H35F3N2O4/c1-4-33(5-2)31(24-17-25(35)27(18-29(24)41-3)37-13-11-21(19-39)12-14-37)38(32(33)40)28-16-23(34)15-26(36)30(28)42-20-22-9-7-6-8-10-22/h6-10,15-19,21,31H,4-5,11-14,20H2,1-3H3. The van der Waals surface area contributed by atoms with Crippen LogP contribution >= 0.6 is 0 Å². The second-order valence-electron chi connectivity index (χ2n) is 11.0. The van der Waals surface area contributed by atoms with Crippen LogP contribution in [0.4, 0.5) is 24.5 Å². The van der Waals surface area contributed by atoms with Crippen molar-refractivity contribution in [1.29, 1.82) is 0 Å². The van der Waals surface area contributed by atoms with Gasteiger partial charge in [-0.2, -0.15) is 0 Å². The van der Waals surface area contributed by atoms with Crippen molar-refractivity contribution >= 4 is 23.6 Å². The van der Waals surface area contributed by atoms with Gasteiger partial charge in [0.1, 0.15) is 30.3 Å². The second-order valence-corrected chi connectivity index (χ2v) is 11.0. The SMILES string of the molecule is CCC1(CC)C(=O)N(c2cc(F)cc(F)c2OCc2ccccc2)C1c1cc(F)c(N2CCC(C=O)CC2)cc1OC. The van der Waals surface area contributed by atoms with Gasteiger partial charge in [-0.3, -0.25) is 9.69 Å². The number of anilines is 2. The number of β-lactam (4-membered cyclic amide) rings is 1. The fourth-order valence-corrected chi connectivity index (χ4v) is 6.35. The quantitative estimate of drug-likeness (QED) is 0.191. The van der Waals surface area contributed by atoms with Crippen LogP contribution in [0, 0.1) is 28.8 Å². The molecular weight excluding hydrogens is 545 g/mol. The van der Waals surface area contributed by atoms with Crippen molar-refractivity contribution in [3.05, 3.63) is 83.2 Å². The Morgan fingerprint density at radius 2 is 1.64 bits per heavy atom. The highest BCUT2D eigenvalue weighted by molar-refractivity contribution is 6.07. The van der Waals surface area contributed by atoms with Crippen molar-refractivity contribution in [1.82, 2.24) is 0 Å². The molecule has 9 heteroatoms. The third-order valence-corrected chi connectivity index (χ3v) is 8.83. The maximum Gasteiger partial charge on any atom is 0.236 e. The molecule has 222 valence electrons. The van der Waals surface area contributed by atoms with E-state index in [0.29, 0.717) is 55.8 Å². The van der Waals surface area contributed by atoms with Crippen LogP contribution in [0.3, 0.4) is 0 Å². The number of piperidine rings is 1. The number of aldehydes is 1. The Morgan fingerprint density at radius 1 is 0.952 bits per heavy atom. The lowest BCUT2D eigenvalue weighted by molar-refractivity contribution is -0.141. The molecule has 0 spiro atoms. The van der Waals surface area contributed by atoms with Crippen LogP contribution in [0.15, 0.2) is 54.6 Å². The third kappa shape index (κ3) is 5.10. The molecule has 0 radical (unpaired) electrons. The summed E-state index contributed by atoms with van der Waals surface area (Å²) in [4.78, 5) is 28.3. The first-order valence-electron chi connectivity index (χ1n) is 14.3. The minimum absolute atomic E-state index is 0.00320. The molecule has 2 heterocycles. The van der Waals surface area contributed by atoms with Crippen molar-refractivity contribution in [2.24, 2.45) is 11.3 Å². The number of benzene rings is 3. The first kappa shape index (κ1) is 29.5. The topological polar surface area (TPSA) is 59.1 Å². The molecule has 1 atom stereocenters. The molecule has 0 aliphatic carbocycles. The van der Waals surface area contributed by atoms with Crippen LogP contribution in [-0.2, 0) is 16.2 Å². The van der Waals surface area contributed by atoms with Gasteiger partial charge in [0.15, 0.2) is 11.6 Å². The fraction of sp³-hybridized carbons (Fsp3) is 0.394. The number of carbonyl (C=O) groups excluding carboxylic acids is 2. The molecule has 0 bridgehead atoms. The van der Waals surface area contributed by atoms with E-state index in [2.05, 4.69) is 0 Å². The number of carbonyl (C=O) groups is 2. The smallest absolute Gasteiger partial charge is 0.236 e. The van der Waals surface area contributed by atoms with Crippen LogP contribution in [0.5, 0.6) is 11.5 Å². The maximum absolute atomic E-state index is 15.8. The molecular formula is C33H35F3N2O4. The van der Waals surface area contributed by atoms with E-state index in [9.17, 15) is 14.0 Å². The lowest BCUT2D eigenvalue weighted by atomic mass is 9.64. The van der Waals surface area contributed by atoms with Gasteiger partial charge < -0.3 is 19.2 Å². The summed E-state index contributed by atoms with van der Waals surface area (Å²) in [5.74, 6) is -2.56. The number of ether oxygens (including phenoxy) is 2. The zero-order chi connectivity index (χ0) is 30.0. The van der Waals surface area contributed by atoms with Crippen LogP contribution in [0.2, 0.25) is 0 Å². The molecule has 0 N–H and O–H groups in total. The molecule has 3 aromatic carbocycles. The van der Waals surface area contributed by atoms with Gasteiger partial charge >= 0.3 is 0 Å². The van der Waals surface area contributed by atoms with E-state index in [1.54, 1.807) is 6.07 Å². The van der Waals surface area contributed by atoms with Crippen LogP contribution < -0.4 is 19.3 Å². The average molecular weight is 581 g/mol. The summed E-state index contributed by atoms with van der Waals surface area (Å²) in [7, 11) is 1.47. The Morgan fingerprint density at radius 3 is 2.26 bits per heavy atom. The normalized spacial score (nSPS) is 18.5. The van der Waals surface area contributed by atoms with Crippen LogP contribution in [0.1, 0.15) is 56.7 Å². The summed E-state index contributed by atoms with van der Waals surface area (Å²) in [5, 5.41) is 0. The number of nitrogens with zero attached hydrogens (tertiary/aromatic N) is 2. The molecule has 1 amide bonds. The van der Waals surface area contributed by atoms with E-state index in [1.807, 2.05) is 49.1 Å². The molecule has 2 fully saturated rings. The first-order valence-corrected chi connectivity index (χ1v) is 14.3. The molecule has 0 saturated carbocycles. The highest BCUT2D eigenvalue weighted by atomic mass is 19.1. The van der Waals surface area contributed by atoms with Crippen molar-refractivity contribution in [3.8, 4) is 11.5 Å². The number of methoxy groups -OCH3 is 1. The zero-order valence-corrected chi connectivity index (χ0v) is 24.0. The summed E-state index contributed by atoms with van der Waals surface area (Å²) < 4.78 is 57.4. The highest BCUT2D eigenvalue weighted by Gasteiger charge is 2.61. The van der Waals surface area contributed by atoms with Gasteiger partial charge in [0.05, 0.1) is 29.9 Å². The molecule has 2 aliphatic heterocycles. The summed E-state index contributed by atoms with van der Waals surface area (Å²) >= 11 is 0. The average Bonchev–Trinajstić information content (AvgIpc) is 3.00. The Bertz CT molecular complexity index is 1450. The molecule has 1 unspecified atom stereocenters. The fourth-order valence-electron chi connectivity index (χ4n) is 6.35. The minimum atomic E-state index is -0.941. The number of rotatable bonds is 10.